The highest BCUT2D eigenvalue weighted by Crippen LogP contribution is 2.35. The van der Waals surface area contributed by atoms with Gasteiger partial charge in [-0.15, -0.1) is 0 Å². The van der Waals surface area contributed by atoms with Crippen LogP contribution in [0.15, 0.2) is 30.3 Å². The topological polar surface area (TPSA) is 112 Å². The van der Waals surface area contributed by atoms with Gasteiger partial charge in [0.25, 0.3) is 5.91 Å². The molecule has 214 valence electrons. The normalized spacial score (nSPS) is 20.6. The van der Waals surface area contributed by atoms with Gasteiger partial charge in [0.1, 0.15) is 17.8 Å². The van der Waals surface area contributed by atoms with Crippen molar-refractivity contribution in [1.29, 1.82) is 0 Å². The van der Waals surface area contributed by atoms with Crippen LogP contribution in [0.4, 0.5) is 21.7 Å². The average Bonchev–Trinajstić information content (AvgIpc) is 3.35. The molecule has 0 aliphatic carbocycles. The van der Waals surface area contributed by atoms with Gasteiger partial charge >= 0.3 is 0 Å². The summed E-state index contributed by atoms with van der Waals surface area (Å²) in [5.74, 6) is 1.22. The molecule has 0 spiro atoms. The van der Waals surface area contributed by atoms with Crippen molar-refractivity contribution in [3.8, 4) is 0 Å². The van der Waals surface area contributed by atoms with E-state index in [1.54, 1.807) is 15.5 Å². The maximum atomic E-state index is 13.9. The van der Waals surface area contributed by atoms with Crippen molar-refractivity contribution < 1.29 is 22.3 Å². The van der Waals surface area contributed by atoms with Gasteiger partial charge in [-0.3, -0.25) is 9.52 Å². The molecule has 40 heavy (non-hydrogen) atoms. The van der Waals surface area contributed by atoms with E-state index in [0.717, 1.165) is 24.9 Å². The molecular formula is C26H31ClFN7O4S. The summed E-state index contributed by atoms with van der Waals surface area (Å²) >= 11 is 6.22. The molecule has 3 aliphatic heterocycles. The number of nitrogens with zero attached hydrogens (tertiary/aromatic N) is 6. The summed E-state index contributed by atoms with van der Waals surface area (Å²) in [5, 5.41) is 5.27. The molecule has 3 fully saturated rings. The zero-order chi connectivity index (χ0) is 28.0. The number of amides is 1. The molecule has 0 saturated carbocycles. The third-order valence-electron chi connectivity index (χ3n) is 7.52. The Bertz CT molecular complexity index is 1540. The van der Waals surface area contributed by atoms with Crippen LogP contribution in [0.2, 0.25) is 5.02 Å². The number of morpholine rings is 1. The van der Waals surface area contributed by atoms with Gasteiger partial charge in [0.15, 0.2) is 5.65 Å². The van der Waals surface area contributed by atoms with Crippen LogP contribution in [0, 0.1) is 0 Å². The summed E-state index contributed by atoms with van der Waals surface area (Å²) in [4.78, 5) is 24.5. The van der Waals surface area contributed by atoms with Crippen molar-refractivity contribution >= 4 is 50.5 Å². The second-order valence-electron chi connectivity index (χ2n) is 10.5. The Morgan fingerprint density at radius 1 is 1.10 bits per heavy atom. The fourth-order valence-electron chi connectivity index (χ4n) is 5.54. The van der Waals surface area contributed by atoms with E-state index in [0.29, 0.717) is 74.5 Å². The number of hydrogen-bond donors (Lipinski definition) is 1. The highest BCUT2D eigenvalue weighted by Gasteiger charge is 2.34. The summed E-state index contributed by atoms with van der Waals surface area (Å²) in [7, 11) is -3.62. The molecule has 1 aromatic carbocycles. The predicted molar refractivity (Wildman–Crippen MR) is 151 cm³/mol. The first-order valence-electron chi connectivity index (χ1n) is 13.4. The molecule has 1 amide bonds. The van der Waals surface area contributed by atoms with Gasteiger partial charge in [-0.25, -0.2) is 17.8 Å². The van der Waals surface area contributed by atoms with Gasteiger partial charge in [-0.2, -0.15) is 9.61 Å². The van der Waals surface area contributed by atoms with E-state index in [1.807, 2.05) is 17.0 Å². The SMILES string of the molecule is CS(=O)(=O)Nc1ccc(Cl)cc1C(=O)N1CCCCC1c1cc2nc(N3CC(F)C3)cc(N3CCOCC3)n2n1. The molecule has 6 rings (SSSR count). The summed E-state index contributed by atoms with van der Waals surface area (Å²) < 4.78 is 47.4. The lowest BCUT2D eigenvalue weighted by molar-refractivity contribution is 0.0607. The zero-order valence-electron chi connectivity index (χ0n) is 22.1. The van der Waals surface area contributed by atoms with Crippen molar-refractivity contribution in [2.24, 2.45) is 0 Å². The number of fused-ring (bicyclic) bond motifs is 1. The molecule has 1 N–H and O–H groups in total. The number of hydrogen-bond acceptors (Lipinski definition) is 8. The number of rotatable bonds is 6. The Hall–Kier alpha value is -3.16. The Kier molecular flexibility index (Phi) is 7.21. The third kappa shape index (κ3) is 5.41. The van der Waals surface area contributed by atoms with Crippen LogP contribution >= 0.6 is 11.6 Å². The number of sulfonamides is 1. The number of anilines is 3. The molecule has 1 unspecified atom stereocenters. The van der Waals surface area contributed by atoms with Crippen LogP contribution in [0.5, 0.6) is 0 Å². The van der Waals surface area contributed by atoms with Crippen LogP contribution < -0.4 is 14.5 Å². The lowest BCUT2D eigenvalue weighted by Crippen LogP contribution is -2.49. The van der Waals surface area contributed by atoms with E-state index in [-0.39, 0.29) is 23.2 Å². The first kappa shape index (κ1) is 27.0. The lowest BCUT2D eigenvalue weighted by Gasteiger charge is -2.36. The molecule has 0 radical (unpaired) electrons. The predicted octanol–water partition coefficient (Wildman–Crippen LogP) is 3.12. The number of benzene rings is 1. The van der Waals surface area contributed by atoms with Crippen molar-refractivity contribution in [2.45, 2.75) is 31.5 Å². The monoisotopic (exact) mass is 591 g/mol. The second-order valence-corrected chi connectivity index (χ2v) is 12.7. The van der Waals surface area contributed by atoms with Crippen molar-refractivity contribution in [1.82, 2.24) is 19.5 Å². The van der Waals surface area contributed by atoms with Crippen molar-refractivity contribution in [2.75, 3.05) is 66.7 Å². The molecule has 3 aliphatic rings. The Balaban J connectivity index is 1.38. The Labute approximate surface area is 236 Å². The number of carbonyl (C=O) groups excluding carboxylic acids is 1. The number of nitrogens with one attached hydrogen (secondary N) is 1. The van der Waals surface area contributed by atoms with Crippen molar-refractivity contribution in [3.05, 3.63) is 46.6 Å². The second kappa shape index (κ2) is 10.7. The van der Waals surface area contributed by atoms with Crippen molar-refractivity contribution in [3.63, 3.8) is 0 Å². The number of halogens is 2. The minimum atomic E-state index is -3.62. The number of ether oxygens (including phenoxy) is 1. The first-order valence-corrected chi connectivity index (χ1v) is 15.6. The fourth-order valence-corrected chi connectivity index (χ4v) is 6.29. The van der Waals surface area contributed by atoms with Crippen LogP contribution in [0.3, 0.4) is 0 Å². The smallest absolute Gasteiger partial charge is 0.256 e. The standard InChI is InChI=1S/C26H31ClFN7O4S/c1-40(37,38)31-20-6-5-17(27)12-19(20)26(36)34-7-3-2-4-22(34)21-13-24-29-23(33-15-18(28)16-33)14-25(35(24)30-21)32-8-10-39-11-9-32/h5-6,12-14,18,22,31H,2-4,7-11,15-16H2,1H3. The fraction of sp³-hybridized carbons (Fsp3) is 0.500. The van der Waals surface area contributed by atoms with Gasteiger partial charge < -0.3 is 19.4 Å². The average molecular weight is 592 g/mol. The molecule has 1 atom stereocenters. The number of piperidine rings is 1. The minimum Gasteiger partial charge on any atom is -0.378 e. The van der Waals surface area contributed by atoms with E-state index < -0.39 is 16.2 Å². The Morgan fingerprint density at radius 2 is 1.88 bits per heavy atom. The number of aromatic nitrogens is 3. The maximum absolute atomic E-state index is 13.9. The molecule has 3 saturated heterocycles. The van der Waals surface area contributed by atoms with E-state index in [4.69, 9.17) is 26.4 Å². The summed E-state index contributed by atoms with van der Waals surface area (Å²) in [6, 6.07) is 8.03. The molecule has 14 heteroatoms. The van der Waals surface area contributed by atoms with E-state index >= 15 is 0 Å². The molecule has 2 aromatic heterocycles. The van der Waals surface area contributed by atoms with Crippen LogP contribution in [0.1, 0.15) is 41.4 Å². The van der Waals surface area contributed by atoms with Crippen LogP contribution in [-0.4, -0.2) is 92.2 Å². The maximum Gasteiger partial charge on any atom is 0.256 e. The molecule has 0 bridgehead atoms. The van der Waals surface area contributed by atoms with Gasteiger partial charge in [0.2, 0.25) is 10.0 Å². The summed E-state index contributed by atoms with van der Waals surface area (Å²) in [6.45, 7) is 3.68. The Morgan fingerprint density at radius 3 is 2.60 bits per heavy atom. The minimum absolute atomic E-state index is 0.179. The number of carbonyl (C=O) groups is 1. The van der Waals surface area contributed by atoms with Crippen LogP contribution in [0.25, 0.3) is 5.65 Å². The van der Waals surface area contributed by atoms with Crippen LogP contribution in [-0.2, 0) is 14.8 Å². The third-order valence-corrected chi connectivity index (χ3v) is 8.35. The number of alkyl halides is 1. The first-order chi connectivity index (χ1) is 19.2. The summed E-state index contributed by atoms with van der Waals surface area (Å²) in [5.41, 5.74) is 1.68. The molecule has 3 aromatic rings. The quantitative estimate of drug-likeness (QED) is 0.465. The largest absolute Gasteiger partial charge is 0.378 e. The highest BCUT2D eigenvalue weighted by atomic mass is 35.5. The number of likely N-dealkylation sites (tertiary alicyclic amines) is 1. The van der Waals surface area contributed by atoms with Gasteiger partial charge in [-0.1, -0.05) is 11.6 Å². The molecule has 5 heterocycles. The summed E-state index contributed by atoms with van der Waals surface area (Å²) in [6.07, 6.45) is 2.59. The highest BCUT2D eigenvalue weighted by molar-refractivity contribution is 7.92. The van der Waals surface area contributed by atoms with Gasteiger partial charge in [0, 0.05) is 36.8 Å². The van der Waals surface area contributed by atoms with E-state index in [1.165, 1.54) is 12.1 Å². The van der Waals surface area contributed by atoms with Gasteiger partial charge in [-0.05, 0) is 37.5 Å². The van der Waals surface area contributed by atoms with E-state index in [2.05, 4.69) is 9.62 Å². The molecular weight excluding hydrogens is 561 g/mol. The molecule has 11 nitrogen and oxygen atoms in total. The zero-order valence-corrected chi connectivity index (χ0v) is 23.7. The lowest BCUT2D eigenvalue weighted by atomic mass is 9.98. The van der Waals surface area contributed by atoms with Gasteiger partial charge in [0.05, 0.1) is 55.5 Å². The van der Waals surface area contributed by atoms with E-state index in [9.17, 15) is 17.6 Å².